The van der Waals surface area contributed by atoms with Gasteiger partial charge in [0.2, 0.25) is 0 Å². The van der Waals surface area contributed by atoms with Crippen LogP contribution in [0.2, 0.25) is 0 Å². The standard InChI is InChI=1S/C9H15NO4/c11-6-3-8(9(13)14)10-4-1-7(12)2-5-10/h6-8,12H,1-5H2,(H,13,14). The van der Waals surface area contributed by atoms with Crippen LogP contribution in [0.25, 0.3) is 0 Å². The number of rotatable bonds is 4. The highest BCUT2D eigenvalue weighted by molar-refractivity contribution is 5.76. The minimum absolute atomic E-state index is 0.0193. The van der Waals surface area contributed by atoms with Gasteiger partial charge >= 0.3 is 5.97 Å². The van der Waals surface area contributed by atoms with Gasteiger partial charge in [0.25, 0.3) is 0 Å². The second-order valence-corrected chi connectivity index (χ2v) is 3.52. The maximum absolute atomic E-state index is 10.8. The molecule has 0 radical (unpaired) electrons. The van der Waals surface area contributed by atoms with Crippen molar-refractivity contribution >= 4 is 12.3 Å². The van der Waals surface area contributed by atoms with Gasteiger partial charge in [0, 0.05) is 19.5 Å². The topological polar surface area (TPSA) is 77.8 Å². The number of carboxylic acids is 1. The zero-order valence-electron chi connectivity index (χ0n) is 7.93. The largest absolute Gasteiger partial charge is 0.480 e. The Morgan fingerprint density at radius 1 is 1.50 bits per heavy atom. The molecule has 0 amide bonds. The van der Waals surface area contributed by atoms with Crippen molar-refractivity contribution in [3.63, 3.8) is 0 Å². The number of hydrogen-bond donors (Lipinski definition) is 2. The summed E-state index contributed by atoms with van der Waals surface area (Å²) >= 11 is 0. The summed E-state index contributed by atoms with van der Waals surface area (Å²) in [5, 5.41) is 18.1. The Hall–Kier alpha value is -0.940. The molecule has 0 aliphatic carbocycles. The van der Waals surface area contributed by atoms with Crippen molar-refractivity contribution in [2.45, 2.75) is 31.4 Å². The summed E-state index contributed by atoms with van der Waals surface area (Å²) in [7, 11) is 0. The lowest BCUT2D eigenvalue weighted by Crippen LogP contribution is -2.46. The molecule has 1 aliphatic heterocycles. The molecule has 5 nitrogen and oxygen atoms in total. The van der Waals surface area contributed by atoms with E-state index in [1.54, 1.807) is 4.90 Å². The van der Waals surface area contributed by atoms with Gasteiger partial charge in [0.1, 0.15) is 12.3 Å². The van der Waals surface area contributed by atoms with E-state index in [4.69, 9.17) is 5.11 Å². The molecule has 0 spiro atoms. The number of piperidine rings is 1. The molecule has 0 aromatic heterocycles. The average molecular weight is 201 g/mol. The van der Waals surface area contributed by atoms with E-state index in [1.807, 2.05) is 0 Å². The summed E-state index contributed by atoms with van der Waals surface area (Å²) in [6, 6.07) is -0.722. The first-order valence-corrected chi connectivity index (χ1v) is 4.73. The number of aldehydes is 1. The Morgan fingerprint density at radius 2 is 2.07 bits per heavy atom. The predicted octanol–water partition coefficient (Wildman–Crippen LogP) is -0.515. The number of carbonyl (C=O) groups excluding carboxylic acids is 1. The van der Waals surface area contributed by atoms with Gasteiger partial charge < -0.3 is 15.0 Å². The predicted molar refractivity (Wildman–Crippen MR) is 48.9 cm³/mol. The average Bonchev–Trinajstić information content (AvgIpc) is 2.15. The smallest absolute Gasteiger partial charge is 0.321 e. The van der Waals surface area contributed by atoms with Gasteiger partial charge in [-0.15, -0.1) is 0 Å². The lowest BCUT2D eigenvalue weighted by Gasteiger charge is -2.33. The van der Waals surface area contributed by atoms with Crippen molar-refractivity contribution < 1.29 is 19.8 Å². The third kappa shape index (κ3) is 2.78. The van der Waals surface area contributed by atoms with Crippen LogP contribution >= 0.6 is 0 Å². The Bertz CT molecular complexity index is 211. The number of aliphatic carboxylic acids is 1. The quantitative estimate of drug-likeness (QED) is 0.599. The molecule has 14 heavy (non-hydrogen) atoms. The van der Waals surface area contributed by atoms with E-state index in [0.29, 0.717) is 32.2 Å². The number of carboxylic acid groups (broad SMARTS) is 1. The zero-order chi connectivity index (χ0) is 10.6. The molecule has 1 atom stereocenters. The third-order valence-corrected chi connectivity index (χ3v) is 2.54. The molecule has 1 fully saturated rings. The first-order chi connectivity index (χ1) is 6.65. The molecular formula is C9H15NO4. The maximum Gasteiger partial charge on any atom is 0.321 e. The first kappa shape index (κ1) is 11.1. The molecule has 5 heteroatoms. The van der Waals surface area contributed by atoms with Crippen LogP contribution in [0.15, 0.2) is 0 Å². The number of likely N-dealkylation sites (tertiary alicyclic amines) is 1. The zero-order valence-corrected chi connectivity index (χ0v) is 7.93. The second-order valence-electron chi connectivity index (χ2n) is 3.52. The van der Waals surface area contributed by atoms with Crippen molar-refractivity contribution in [2.24, 2.45) is 0 Å². The van der Waals surface area contributed by atoms with Crippen LogP contribution in [0, 0.1) is 0 Å². The normalized spacial score (nSPS) is 21.8. The Kier molecular flexibility index (Phi) is 4.03. The molecule has 1 rings (SSSR count). The highest BCUT2D eigenvalue weighted by Gasteiger charge is 2.28. The van der Waals surface area contributed by atoms with Crippen LogP contribution < -0.4 is 0 Å². The molecule has 0 bridgehead atoms. The van der Waals surface area contributed by atoms with Gasteiger partial charge in [-0.05, 0) is 12.8 Å². The number of aliphatic hydroxyl groups excluding tert-OH is 1. The fourth-order valence-corrected chi connectivity index (χ4v) is 1.69. The van der Waals surface area contributed by atoms with Crippen molar-refractivity contribution in [1.82, 2.24) is 4.90 Å². The number of nitrogens with zero attached hydrogens (tertiary/aromatic N) is 1. The van der Waals surface area contributed by atoms with Crippen LogP contribution in [0.5, 0.6) is 0 Å². The molecule has 1 heterocycles. The second kappa shape index (κ2) is 5.07. The highest BCUT2D eigenvalue weighted by Crippen LogP contribution is 2.14. The Balaban J connectivity index is 2.51. The van der Waals surface area contributed by atoms with E-state index >= 15 is 0 Å². The van der Waals surface area contributed by atoms with Crippen LogP contribution in [-0.2, 0) is 9.59 Å². The van der Waals surface area contributed by atoms with Gasteiger partial charge in [-0.2, -0.15) is 0 Å². The molecule has 0 saturated carbocycles. The summed E-state index contributed by atoms with van der Waals surface area (Å²) in [5.74, 6) is -0.964. The van der Waals surface area contributed by atoms with Gasteiger partial charge in [0.05, 0.1) is 6.10 Å². The van der Waals surface area contributed by atoms with Crippen molar-refractivity contribution in [2.75, 3.05) is 13.1 Å². The van der Waals surface area contributed by atoms with Gasteiger partial charge in [-0.1, -0.05) is 0 Å². The Morgan fingerprint density at radius 3 is 2.50 bits per heavy atom. The highest BCUT2D eigenvalue weighted by atomic mass is 16.4. The molecule has 80 valence electrons. The summed E-state index contributed by atoms with van der Waals surface area (Å²) in [6.45, 7) is 1.10. The van der Waals surface area contributed by atoms with E-state index in [2.05, 4.69) is 0 Å². The SMILES string of the molecule is O=CCC(C(=O)O)N1CCC(O)CC1. The van der Waals surface area contributed by atoms with Crippen LogP contribution in [0.3, 0.4) is 0 Å². The molecule has 1 unspecified atom stereocenters. The molecular weight excluding hydrogens is 186 g/mol. The lowest BCUT2D eigenvalue weighted by atomic mass is 10.0. The lowest BCUT2D eigenvalue weighted by molar-refractivity contribution is -0.145. The van der Waals surface area contributed by atoms with Crippen LogP contribution in [0.4, 0.5) is 0 Å². The number of hydrogen-bond acceptors (Lipinski definition) is 4. The maximum atomic E-state index is 10.8. The van der Waals surface area contributed by atoms with E-state index in [1.165, 1.54) is 0 Å². The van der Waals surface area contributed by atoms with Crippen molar-refractivity contribution in [3.8, 4) is 0 Å². The minimum atomic E-state index is -0.964. The van der Waals surface area contributed by atoms with E-state index in [-0.39, 0.29) is 12.5 Å². The van der Waals surface area contributed by atoms with E-state index in [9.17, 15) is 14.7 Å². The minimum Gasteiger partial charge on any atom is -0.480 e. The summed E-state index contributed by atoms with van der Waals surface area (Å²) in [6.07, 6.45) is 1.50. The summed E-state index contributed by atoms with van der Waals surface area (Å²) in [4.78, 5) is 22.8. The monoisotopic (exact) mass is 201 g/mol. The molecule has 0 aromatic rings. The van der Waals surface area contributed by atoms with Gasteiger partial charge in [-0.25, -0.2) is 0 Å². The van der Waals surface area contributed by atoms with Crippen LogP contribution in [-0.4, -0.2) is 52.6 Å². The summed E-state index contributed by atoms with van der Waals surface area (Å²) in [5.41, 5.74) is 0. The number of aliphatic hydroxyl groups is 1. The third-order valence-electron chi connectivity index (χ3n) is 2.54. The Labute approximate surface area is 82.3 Å². The van der Waals surface area contributed by atoms with Crippen LogP contribution in [0.1, 0.15) is 19.3 Å². The molecule has 2 N–H and O–H groups in total. The number of carbonyl (C=O) groups is 2. The fourth-order valence-electron chi connectivity index (χ4n) is 1.69. The molecule has 1 saturated heterocycles. The van der Waals surface area contributed by atoms with Gasteiger partial charge in [-0.3, -0.25) is 9.69 Å². The summed E-state index contributed by atoms with van der Waals surface area (Å²) < 4.78 is 0. The molecule has 0 aromatic carbocycles. The van der Waals surface area contributed by atoms with Crippen molar-refractivity contribution in [1.29, 1.82) is 0 Å². The molecule has 1 aliphatic rings. The van der Waals surface area contributed by atoms with Gasteiger partial charge in [0.15, 0.2) is 0 Å². The van der Waals surface area contributed by atoms with E-state index < -0.39 is 12.0 Å². The van der Waals surface area contributed by atoms with E-state index in [0.717, 1.165) is 0 Å². The fraction of sp³-hybridized carbons (Fsp3) is 0.778. The van der Waals surface area contributed by atoms with Crippen molar-refractivity contribution in [3.05, 3.63) is 0 Å². The first-order valence-electron chi connectivity index (χ1n) is 4.73.